The van der Waals surface area contributed by atoms with Gasteiger partial charge in [0.25, 0.3) is 17.5 Å². The third-order valence-electron chi connectivity index (χ3n) is 4.44. The summed E-state index contributed by atoms with van der Waals surface area (Å²) in [5, 5.41) is 10.6. The lowest BCUT2D eigenvalue weighted by Gasteiger charge is -2.47. The summed E-state index contributed by atoms with van der Waals surface area (Å²) in [7, 11) is 0. The molecule has 0 atom stereocenters. The number of alkyl halides is 2. The second kappa shape index (κ2) is 6.21. The van der Waals surface area contributed by atoms with Crippen LogP contribution in [0.4, 0.5) is 14.5 Å². The highest BCUT2D eigenvalue weighted by Crippen LogP contribution is 2.31. The maximum atomic E-state index is 13.2. The van der Waals surface area contributed by atoms with Gasteiger partial charge < -0.3 is 4.90 Å². The van der Waals surface area contributed by atoms with Gasteiger partial charge in [-0.25, -0.2) is 13.8 Å². The Kier molecular flexibility index (Phi) is 4.39. The summed E-state index contributed by atoms with van der Waals surface area (Å²) in [6.07, 6.45) is 0.670. The molecule has 2 aliphatic heterocycles. The molecule has 0 bridgehead atoms. The molecule has 2 saturated heterocycles. The minimum Gasteiger partial charge on any atom is -0.334 e. The monoisotopic (exact) mass is 360 g/mol. The number of nitrogens with zero attached hydrogens (tertiary/aromatic N) is 4. The molecule has 2 aliphatic rings. The number of piperidine rings is 1. The van der Waals surface area contributed by atoms with Crippen molar-refractivity contribution in [2.24, 2.45) is 0 Å². The Hall–Kier alpha value is -1.87. The molecule has 1 amide bonds. The van der Waals surface area contributed by atoms with Gasteiger partial charge in [0.15, 0.2) is 0 Å². The van der Waals surface area contributed by atoms with Crippen molar-refractivity contribution in [2.75, 3.05) is 26.2 Å². The molecule has 10 heteroatoms. The fourth-order valence-electron chi connectivity index (χ4n) is 2.90. The van der Waals surface area contributed by atoms with Crippen molar-refractivity contribution in [3.63, 3.8) is 0 Å². The third kappa shape index (κ3) is 3.32. The van der Waals surface area contributed by atoms with Crippen LogP contribution in [0.1, 0.15) is 23.3 Å². The summed E-state index contributed by atoms with van der Waals surface area (Å²) in [4.78, 5) is 29.6. The predicted octanol–water partition coefficient (Wildman–Crippen LogP) is 2.20. The Bertz CT molecular complexity index is 672. The number of hydrogen-bond donors (Lipinski definition) is 0. The van der Waals surface area contributed by atoms with Crippen molar-refractivity contribution in [3.8, 4) is 0 Å². The summed E-state index contributed by atoms with van der Waals surface area (Å²) >= 11 is 5.90. The molecule has 3 heterocycles. The van der Waals surface area contributed by atoms with Crippen LogP contribution in [0.15, 0.2) is 12.3 Å². The molecule has 24 heavy (non-hydrogen) atoms. The van der Waals surface area contributed by atoms with E-state index in [9.17, 15) is 23.7 Å². The maximum Gasteiger partial charge on any atom is 0.289 e. The van der Waals surface area contributed by atoms with E-state index in [0.29, 0.717) is 26.2 Å². The van der Waals surface area contributed by atoms with E-state index in [-0.39, 0.29) is 35.3 Å². The fraction of sp³-hybridized carbons (Fsp3) is 0.571. The van der Waals surface area contributed by atoms with Gasteiger partial charge in [0.05, 0.1) is 9.95 Å². The summed E-state index contributed by atoms with van der Waals surface area (Å²) in [5.74, 6) is -3.00. The number of hydrogen-bond acceptors (Lipinski definition) is 5. The van der Waals surface area contributed by atoms with Crippen LogP contribution in [0.2, 0.25) is 5.02 Å². The molecule has 0 aromatic carbocycles. The molecule has 7 nitrogen and oxygen atoms in total. The molecule has 0 N–H and O–H groups in total. The number of pyridine rings is 1. The fourth-order valence-corrected chi connectivity index (χ4v) is 3.14. The third-order valence-corrected chi connectivity index (χ3v) is 4.72. The molecule has 3 rings (SSSR count). The van der Waals surface area contributed by atoms with Crippen LogP contribution in [-0.4, -0.2) is 63.8 Å². The first-order valence-electron chi connectivity index (χ1n) is 7.48. The van der Waals surface area contributed by atoms with Crippen molar-refractivity contribution in [3.05, 3.63) is 33.1 Å². The zero-order valence-corrected chi connectivity index (χ0v) is 13.4. The van der Waals surface area contributed by atoms with Crippen LogP contribution >= 0.6 is 11.6 Å². The van der Waals surface area contributed by atoms with E-state index in [1.165, 1.54) is 4.90 Å². The number of carbonyl (C=O) groups excluding carboxylic acids is 1. The Morgan fingerprint density at radius 2 is 2.00 bits per heavy atom. The average Bonchev–Trinajstić information content (AvgIpc) is 2.47. The number of likely N-dealkylation sites (tertiary alicyclic amines) is 2. The quantitative estimate of drug-likeness (QED) is 0.610. The maximum absolute atomic E-state index is 13.2. The highest BCUT2D eigenvalue weighted by molar-refractivity contribution is 6.33. The Morgan fingerprint density at radius 3 is 2.54 bits per heavy atom. The second-order valence-corrected chi connectivity index (χ2v) is 6.44. The first kappa shape index (κ1) is 17.0. The van der Waals surface area contributed by atoms with E-state index >= 15 is 0 Å². The van der Waals surface area contributed by atoms with Crippen LogP contribution in [0.3, 0.4) is 0 Å². The van der Waals surface area contributed by atoms with Gasteiger partial charge >= 0.3 is 0 Å². The molecular weight excluding hydrogens is 346 g/mol. The number of halogens is 3. The van der Waals surface area contributed by atoms with Crippen molar-refractivity contribution in [1.29, 1.82) is 0 Å². The lowest BCUT2D eigenvalue weighted by atomic mass is 10.0. The van der Waals surface area contributed by atoms with Crippen LogP contribution in [0.25, 0.3) is 0 Å². The minimum absolute atomic E-state index is 0.0362. The van der Waals surface area contributed by atoms with Crippen molar-refractivity contribution in [2.45, 2.75) is 24.8 Å². The van der Waals surface area contributed by atoms with Gasteiger partial charge in [0, 0.05) is 51.1 Å². The van der Waals surface area contributed by atoms with Crippen LogP contribution in [0.5, 0.6) is 0 Å². The zero-order valence-electron chi connectivity index (χ0n) is 12.6. The minimum atomic E-state index is -2.59. The van der Waals surface area contributed by atoms with Gasteiger partial charge in [0.1, 0.15) is 11.9 Å². The molecule has 1 aromatic rings. The van der Waals surface area contributed by atoms with Gasteiger partial charge in [-0.1, -0.05) is 11.6 Å². The molecule has 0 aliphatic carbocycles. The molecule has 0 saturated carbocycles. The molecular formula is C14H15ClF2N4O3. The average molecular weight is 361 g/mol. The normalized spacial score (nSPS) is 21.4. The summed E-state index contributed by atoms with van der Waals surface area (Å²) in [6.45, 7) is 1.46. The van der Waals surface area contributed by atoms with E-state index in [2.05, 4.69) is 4.98 Å². The van der Waals surface area contributed by atoms with Gasteiger partial charge in [0.2, 0.25) is 0 Å². The summed E-state index contributed by atoms with van der Waals surface area (Å²) in [6, 6.07) is 1.15. The van der Waals surface area contributed by atoms with Gasteiger partial charge in [-0.3, -0.25) is 19.8 Å². The van der Waals surface area contributed by atoms with Gasteiger partial charge in [-0.15, -0.1) is 0 Å². The van der Waals surface area contributed by atoms with E-state index in [1.54, 1.807) is 0 Å². The SMILES string of the molecule is O=C(c1ncc([N+](=O)[O-])cc1Cl)N1CC(N2CCC(F)(F)CC2)C1. The Balaban J connectivity index is 1.58. The smallest absolute Gasteiger partial charge is 0.289 e. The number of amides is 1. The second-order valence-electron chi connectivity index (χ2n) is 6.04. The molecule has 130 valence electrons. The van der Waals surface area contributed by atoms with E-state index < -0.39 is 16.8 Å². The molecule has 0 spiro atoms. The van der Waals surface area contributed by atoms with Crippen LogP contribution in [0, 0.1) is 10.1 Å². The Labute approximate surface area is 141 Å². The summed E-state index contributed by atoms with van der Waals surface area (Å²) in [5.41, 5.74) is -0.321. The van der Waals surface area contributed by atoms with E-state index in [1.807, 2.05) is 4.90 Å². The predicted molar refractivity (Wildman–Crippen MR) is 81.3 cm³/mol. The standard InChI is InChI=1S/C14H15ClF2N4O3/c15-11-5-9(21(23)24)6-18-12(11)13(22)20-7-10(8-20)19-3-1-14(16,17)2-4-19/h5-6,10H,1-4,7-8H2. The molecule has 0 unspecified atom stereocenters. The van der Waals surface area contributed by atoms with Crippen LogP contribution < -0.4 is 0 Å². The number of carbonyl (C=O) groups is 1. The number of nitro groups is 1. The van der Waals surface area contributed by atoms with E-state index in [0.717, 1.165) is 12.3 Å². The largest absolute Gasteiger partial charge is 0.334 e. The van der Waals surface area contributed by atoms with Gasteiger partial charge in [-0.05, 0) is 0 Å². The number of aromatic nitrogens is 1. The topological polar surface area (TPSA) is 79.6 Å². The first-order valence-corrected chi connectivity index (χ1v) is 7.86. The van der Waals surface area contributed by atoms with Crippen molar-refractivity contribution < 1.29 is 18.5 Å². The molecule has 0 radical (unpaired) electrons. The van der Waals surface area contributed by atoms with E-state index in [4.69, 9.17) is 11.6 Å². The highest BCUT2D eigenvalue weighted by Gasteiger charge is 2.41. The van der Waals surface area contributed by atoms with Crippen molar-refractivity contribution >= 4 is 23.2 Å². The van der Waals surface area contributed by atoms with Gasteiger partial charge in [-0.2, -0.15) is 0 Å². The zero-order chi connectivity index (χ0) is 17.5. The Morgan fingerprint density at radius 1 is 1.38 bits per heavy atom. The number of rotatable bonds is 3. The lowest BCUT2D eigenvalue weighted by Crippen LogP contribution is -2.62. The lowest BCUT2D eigenvalue weighted by molar-refractivity contribution is -0.385. The molecule has 1 aromatic heterocycles. The molecule has 2 fully saturated rings. The first-order chi connectivity index (χ1) is 11.3. The highest BCUT2D eigenvalue weighted by atomic mass is 35.5. The van der Waals surface area contributed by atoms with Crippen molar-refractivity contribution in [1.82, 2.24) is 14.8 Å². The van der Waals surface area contributed by atoms with Crippen LogP contribution in [-0.2, 0) is 0 Å². The summed E-state index contributed by atoms with van der Waals surface area (Å²) < 4.78 is 26.3.